The van der Waals surface area contributed by atoms with Crippen molar-refractivity contribution in [2.75, 3.05) is 0 Å². The number of hydrogen-bond donors (Lipinski definition) is 0. The first kappa shape index (κ1) is 14.7. The molecule has 0 bridgehead atoms. The first-order chi connectivity index (χ1) is 9.40. The van der Waals surface area contributed by atoms with Gasteiger partial charge in [0.2, 0.25) is 5.82 Å². The molecule has 1 aromatic carbocycles. The predicted octanol–water partition coefficient (Wildman–Crippen LogP) is 3.76. The van der Waals surface area contributed by atoms with Gasteiger partial charge < -0.3 is 0 Å². The van der Waals surface area contributed by atoms with Crippen molar-refractivity contribution in [2.24, 2.45) is 11.8 Å². The summed E-state index contributed by atoms with van der Waals surface area (Å²) >= 11 is 0. The molecule has 0 aliphatic heterocycles. The topological polar surface area (TPSA) is 43.6 Å². The zero-order chi connectivity index (χ0) is 14.8. The smallest absolute Gasteiger partial charge is 0.158 e. The van der Waals surface area contributed by atoms with E-state index >= 15 is 0 Å². The Hall–Kier alpha value is -1.71. The zero-order valence-electron chi connectivity index (χ0n) is 13.0. The van der Waals surface area contributed by atoms with Crippen LogP contribution in [0.25, 0.3) is 11.4 Å². The largest absolute Gasteiger partial charge is 0.204 e. The predicted molar refractivity (Wildman–Crippen MR) is 81.2 cm³/mol. The molecule has 0 saturated heterocycles. The van der Waals surface area contributed by atoms with Crippen LogP contribution in [0.1, 0.15) is 41.0 Å². The van der Waals surface area contributed by atoms with E-state index in [1.165, 1.54) is 0 Å². The number of tetrazole rings is 1. The number of aromatic nitrogens is 4. The average Bonchev–Trinajstić information content (AvgIpc) is 2.89. The third-order valence-electron chi connectivity index (χ3n) is 3.95. The molecule has 0 radical (unpaired) electrons. The summed E-state index contributed by atoms with van der Waals surface area (Å²) in [5.74, 6) is 1.97. The van der Waals surface area contributed by atoms with Gasteiger partial charge in [0.05, 0.1) is 5.54 Å². The Kier molecular flexibility index (Phi) is 4.21. The highest BCUT2D eigenvalue weighted by Gasteiger charge is 2.27. The first-order valence-corrected chi connectivity index (χ1v) is 7.26. The van der Waals surface area contributed by atoms with E-state index in [0.29, 0.717) is 17.7 Å². The molecule has 0 aliphatic carbocycles. The molecule has 0 amide bonds. The second-order valence-corrected chi connectivity index (χ2v) is 6.51. The third-order valence-corrected chi connectivity index (χ3v) is 3.95. The van der Waals surface area contributed by atoms with Crippen molar-refractivity contribution < 1.29 is 0 Å². The highest BCUT2D eigenvalue weighted by atomic mass is 15.6. The van der Waals surface area contributed by atoms with Crippen LogP contribution in [0.4, 0.5) is 0 Å². The van der Waals surface area contributed by atoms with E-state index in [-0.39, 0.29) is 5.54 Å². The molecule has 2 aromatic rings. The van der Waals surface area contributed by atoms with Crippen molar-refractivity contribution in [3.8, 4) is 11.4 Å². The Bertz CT molecular complexity index is 543. The Morgan fingerprint density at radius 3 is 2.35 bits per heavy atom. The quantitative estimate of drug-likeness (QED) is 0.832. The van der Waals surface area contributed by atoms with Crippen molar-refractivity contribution in [1.82, 2.24) is 20.2 Å². The summed E-state index contributed by atoms with van der Waals surface area (Å²) in [4.78, 5) is 1.76. The minimum absolute atomic E-state index is 0.121. The lowest BCUT2D eigenvalue weighted by Crippen LogP contribution is -2.32. The summed E-state index contributed by atoms with van der Waals surface area (Å²) in [7, 11) is 0. The van der Waals surface area contributed by atoms with Gasteiger partial charge in [-0.25, -0.2) is 0 Å². The van der Waals surface area contributed by atoms with Crippen molar-refractivity contribution in [3.63, 3.8) is 0 Å². The zero-order valence-corrected chi connectivity index (χ0v) is 13.0. The molecule has 0 saturated carbocycles. The van der Waals surface area contributed by atoms with Gasteiger partial charge in [-0.05, 0) is 37.3 Å². The van der Waals surface area contributed by atoms with E-state index in [9.17, 15) is 0 Å². The van der Waals surface area contributed by atoms with Gasteiger partial charge >= 0.3 is 0 Å². The van der Waals surface area contributed by atoms with E-state index in [1.807, 2.05) is 30.3 Å². The van der Waals surface area contributed by atoms with E-state index < -0.39 is 0 Å². The first-order valence-electron chi connectivity index (χ1n) is 7.26. The average molecular weight is 272 g/mol. The molecule has 1 atom stereocenters. The standard InChI is InChI=1S/C16H24N4/c1-12(2)13(3)11-16(4,5)20-18-15(17-19-20)14-9-7-6-8-10-14/h6-10,12-13H,11H2,1-5H3. The van der Waals surface area contributed by atoms with Gasteiger partial charge in [0.15, 0.2) is 0 Å². The molecular weight excluding hydrogens is 248 g/mol. The van der Waals surface area contributed by atoms with Crippen LogP contribution in [0.15, 0.2) is 30.3 Å². The minimum Gasteiger partial charge on any atom is -0.158 e. The molecular formula is C16H24N4. The van der Waals surface area contributed by atoms with Crippen LogP contribution >= 0.6 is 0 Å². The Morgan fingerprint density at radius 1 is 1.10 bits per heavy atom. The molecule has 108 valence electrons. The molecule has 0 spiro atoms. The molecule has 0 aliphatic rings. The monoisotopic (exact) mass is 272 g/mol. The van der Waals surface area contributed by atoms with Crippen LogP contribution in [0, 0.1) is 11.8 Å². The Labute approximate surface area is 121 Å². The minimum atomic E-state index is -0.121. The second kappa shape index (κ2) is 5.73. The number of benzene rings is 1. The van der Waals surface area contributed by atoms with Crippen molar-refractivity contribution in [2.45, 2.75) is 46.6 Å². The van der Waals surface area contributed by atoms with Crippen LogP contribution < -0.4 is 0 Å². The fraction of sp³-hybridized carbons (Fsp3) is 0.562. The van der Waals surface area contributed by atoms with Crippen molar-refractivity contribution in [3.05, 3.63) is 30.3 Å². The van der Waals surface area contributed by atoms with Crippen molar-refractivity contribution in [1.29, 1.82) is 0 Å². The highest BCUT2D eigenvalue weighted by Crippen LogP contribution is 2.27. The molecule has 4 nitrogen and oxygen atoms in total. The van der Waals surface area contributed by atoms with Crippen LogP contribution in [-0.4, -0.2) is 20.2 Å². The Balaban J connectivity index is 2.19. The molecule has 1 unspecified atom stereocenters. The summed E-state index contributed by atoms with van der Waals surface area (Å²) < 4.78 is 0. The Morgan fingerprint density at radius 2 is 1.75 bits per heavy atom. The van der Waals surface area contributed by atoms with Crippen LogP contribution in [0.2, 0.25) is 0 Å². The van der Waals surface area contributed by atoms with E-state index in [1.54, 1.807) is 4.80 Å². The maximum absolute atomic E-state index is 4.56. The van der Waals surface area contributed by atoms with Gasteiger partial charge in [-0.2, -0.15) is 4.80 Å². The summed E-state index contributed by atoms with van der Waals surface area (Å²) in [5, 5.41) is 13.0. The number of rotatable bonds is 5. The van der Waals surface area contributed by atoms with Crippen LogP contribution in [-0.2, 0) is 5.54 Å². The molecule has 20 heavy (non-hydrogen) atoms. The van der Waals surface area contributed by atoms with E-state index in [4.69, 9.17) is 0 Å². The molecule has 1 heterocycles. The van der Waals surface area contributed by atoms with Gasteiger partial charge in [0.1, 0.15) is 0 Å². The summed E-state index contributed by atoms with van der Waals surface area (Å²) in [6.07, 6.45) is 1.04. The van der Waals surface area contributed by atoms with Crippen LogP contribution in [0.5, 0.6) is 0 Å². The highest BCUT2D eigenvalue weighted by molar-refractivity contribution is 5.52. The van der Waals surface area contributed by atoms with E-state index in [0.717, 1.165) is 12.0 Å². The lowest BCUT2D eigenvalue weighted by Gasteiger charge is -2.28. The molecule has 2 rings (SSSR count). The van der Waals surface area contributed by atoms with Crippen LogP contribution in [0.3, 0.4) is 0 Å². The second-order valence-electron chi connectivity index (χ2n) is 6.51. The normalized spacial score (nSPS) is 13.7. The summed E-state index contributed by atoms with van der Waals surface area (Å²) in [6, 6.07) is 9.97. The lowest BCUT2D eigenvalue weighted by molar-refractivity contribution is 0.196. The molecule has 0 fully saturated rings. The summed E-state index contributed by atoms with van der Waals surface area (Å²) in [6.45, 7) is 11.1. The number of nitrogens with zero attached hydrogens (tertiary/aromatic N) is 4. The number of hydrogen-bond acceptors (Lipinski definition) is 3. The maximum Gasteiger partial charge on any atom is 0.204 e. The van der Waals surface area contributed by atoms with Gasteiger partial charge in [-0.1, -0.05) is 51.1 Å². The van der Waals surface area contributed by atoms with Gasteiger partial charge in [-0.15, -0.1) is 10.2 Å². The third kappa shape index (κ3) is 3.24. The fourth-order valence-electron chi connectivity index (χ4n) is 2.28. The van der Waals surface area contributed by atoms with Gasteiger partial charge in [0.25, 0.3) is 0 Å². The van der Waals surface area contributed by atoms with Gasteiger partial charge in [0, 0.05) is 5.56 Å². The molecule has 1 aromatic heterocycles. The van der Waals surface area contributed by atoms with Gasteiger partial charge in [-0.3, -0.25) is 0 Å². The molecule has 0 N–H and O–H groups in total. The van der Waals surface area contributed by atoms with Crippen molar-refractivity contribution >= 4 is 0 Å². The van der Waals surface area contributed by atoms with E-state index in [2.05, 4.69) is 50.0 Å². The summed E-state index contributed by atoms with van der Waals surface area (Å²) in [5.41, 5.74) is 0.885. The molecule has 4 heteroatoms. The fourth-order valence-corrected chi connectivity index (χ4v) is 2.28. The SMILES string of the molecule is CC(C)C(C)CC(C)(C)n1nnc(-c2ccccc2)n1. The lowest BCUT2D eigenvalue weighted by atomic mass is 9.85. The maximum atomic E-state index is 4.56.